The molecule has 0 aliphatic rings. The fourth-order valence-electron chi connectivity index (χ4n) is 2.86. The van der Waals surface area contributed by atoms with Crippen LogP contribution in [0.4, 0.5) is 0 Å². The number of ether oxygens (including phenoxy) is 1. The minimum absolute atomic E-state index is 0.0646. The summed E-state index contributed by atoms with van der Waals surface area (Å²) in [7, 11) is -2.11. The largest absolute Gasteiger partial charge is 0.497 e. The summed E-state index contributed by atoms with van der Waals surface area (Å²) >= 11 is 0. The van der Waals surface area contributed by atoms with Crippen molar-refractivity contribution in [1.82, 2.24) is 10.3 Å². The van der Waals surface area contributed by atoms with Gasteiger partial charge in [0.05, 0.1) is 28.8 Å². The van der Waals surface area contributed by atoms with Gasteiger partial charge in [-0.25, -0.2) is 13.6 Å². The van der Waals surface area contributed by atoms with Crippen molar-refractivity contribution in [2.75, 3.05) is 13.7 Å². The van der Waals surface area contributed by atoms with Gasteiger partial charge in [-0.1, -0.05) is 12.1 Å². The first-order valence-corrected chi connectivity index (χ1v) is 10.2. The maximum Gasteiger partial charge on any atom is 0.253 e. The number of fused-ring (bicyclic) bond motifs is 1. The Bertz CT molecular complexity index is 1130. The van der Waals surface area contributed by atoms with Crippen LogP contribution in [-0.4, -0.2) is 33.0 Å². The van der Waals surface area contributed by atoms with Crippen molar-refractivity contribution >= 4 is 26.8 Å². The van der Waals surface area contributed by atoms with E-state index in [4.69, 9.17) is 9.88 Å². The summed E-state index contributed by atoms with van der Waals surface area (Å²) in [6, 6.07) is 13.6. The summed E-state index contributed by atoms with van der Waals surface area (Å²) in [6.07, 6.45) is 0.563. The molecule has 1 heterocycles. The number of nitrogens with two attached hydrogens (primary N) is 1. The molecule has 1 amide bonds. The van der Waals surface area contributed by atoms with E-state index in [0.29, 0.717) is 30.0 Å². The van der Waals surface area contributed by atoms with Gasteiger partial charge in [0.25, 0.3) is 5.91 Å². The van der Waals surface area contributed by atoms with E-state index in [1.807, 2.05) is 24.3 Å². The second-order valence-corrected chi connectivity index (χ2v) is 7.94. The fraction of sp³-hybridized carbons (Fsp3) is 0.200. The van der Waals surface area contributed by atoms with Crippen molar-refractivity contribution in [3.05, 3.63) is 65.4 Å². The average molecular weight is 399 g/mol. The maximum atomic E-state index is 12.5. The van der Waals surface area contributed by atoms with Gasteiger partial charge in [-0.2, -0.15) is 0 Å². The van der Waals surface area contributed by atoms with Crippen LogP contribution in [0.15, 0.2) is 53.4 Å². The van der Waals surface area contributed by atoms with Gasteiger partial charge in [0.2, 0.25) is 10.0 Å². The molecular formula is C20H21N3O4S. The Hall–Kier alpha value is -2.97. The number of aromatic nitrogens is 1. The Morgan fingerprint density at radius 3 is 2.50 bits per heavy atom. The quantitative estimate of drug-likeness (QED) is 0.660. The lowest BCUT2D eigenvalue weighted by molar-refractivity contribution is 0.0953. The van der Waals surface area contributed by atoms with Gasteiger partial charge < -0.3 is 10.1 Å². The number of methoxy groups -OCH3 is 1. The Kier molecular flexibility index (Phi) is 5.62. The zero-order chi connectivity index (χ0) is 20.3. The van der Waals surface area contributed by atoms with Gasteiger partial charge in [0.15, 0.2) is 0 Å². The Balaban J connectivity index is 1.67. The molecule has 3 N–H and O–H groups in total. The van der Waals surface area contributed by atoms with E-state index < -0.39 is 10.0 Å². The number of carbonyl (C=O) groups excluding carboxylic acids is 1. The predicted molar refractivity (Wildman–Crippen MR) is 107 cm³/mol. The van der Waals surface area contributed by atoms with Crippen LogP contribution in [0, 0.1) is 6.92 Å². The molecule has 0 spiro atoms. The van der Waals surface area contributed by atoms with Gasteiger partial charge in [-0.3, -0.25) is 9.78 Å². The lowest BCUT2D eigenvalue weighted by Crippen LogP contribution is -2.26. The minimum atomic E-state index is -3.70. The van der Waals surface area contributed by atoms with Gasteiger partial charge in [-0.15, -0.1) is 0 Å². The summed E-state index contributed by atoms with van der Waals surface area (Å²) in [5, 5.41) is 8.81. The average Bonchev–Trinajstić information content (AvgIpc) is 2.66. The Morgan fingerprint density at radius 1 is 1.14 bits per heavy atom. The number of carbonyl (C=O) groups is 1. The van der Waals surface area contributed by atoms with Crippen LogP contribution >= 0.6 is 0 Å². The first-order valence-electron chi connectivity index (χ1n) is 8.63. The topological polar surface area (TPSA) is 111 Å². The number of hydrogen-bond donors (Lipinski definition) is 2. The third kappa shape index (κ3) is 4.47. The lowest BCUT2D eigenvalue weighted by Gasteiger charge is -2.10. The number of nitrogens with one attached hydrogen (secondary N) is 1. The van der Waals surface area contributed by atoms with E-state index in [-0.39, 0.29) is 10.8 Å². The van der Waals surface area contributed by atoms with Crippen LogP contribution in [0.25, 0.3) is 10.9 Å². The molecule has 0 unspecified atom stereocenters. The monoisotopic (exact) mass is 399 g/mol. The third-order valence-electron chi connectivity index (χ3n) is 4.41. The van der Waals surface area contributed by atoms with Gasteiger partial charge in [0.1, 0.15) is 5.75 Å². The molecule has 0 fully saturated rings. The highest BCUT2D eigenvalue weighted by Crippen LogP contribution is 2.21. The third-order valence-corrected chi connectivity index (χ3v) is 5.34. The van der Waals surface area contributed by atoms with E-state index in [9.17, 15) is 13.2 Å². The van der Waals surface area contributed by atoms with Gasteiger partial charge >= 0.3 is 0 Å². The van der Waals surface area contributed by atoms with Gasteiger partial charge in [-0.05, 0) is 49.2 Å². The van der Waals surface area contributed by atoms with E-state index in [2.05, 4.69) is 10.3 Å². The molecule has 0 aliphatic carbocycles. The molecule has 0 aliphatic heterocycles. The molecule has 0 radical (unpaired) electrons. The Morgan fingerprint density at radius 2 is 1.86 bits per heavy atom. The zero-order valence-electron chi connectivity index (χ0n) is 15.6. The second-order valence-electron chi connectivity index (χ2n) is 6.37. The molecule has 0 atom stereocenters. The number of hydrogen-bond acceptors (Lipinski definition) is 5. The van der Waals surface area contributed by atoms with E-state index in [1.54, 1.807) is 26.2 Å². The van der Waals surface area contributed by atoms with Crippen LogP contribution in [0.1, 0.15) is 21.6 Å². The van der Waals surface area contributed by atoms with Crippen LogP contribution in [0.5, 0.6) is 5.75 Å². The molecule has 0 bridgehead atoms. The molecule has 3 aromatic rings. The first-order chi connectivity index (χ1) is 13.3. The van der Waals surface area contributed by atoms with Crippen molar-refractivity contribution in [2.45, 2.75) is 18.2 Å². The number of aryl methyl sites for hydroxylation is 1. The highest BCUT2D eigenvalue weighted by Gasteiger charge is 2.12. The zero-order valence-corrected chi connectivity index (χ0v) is 16.4. The molecule has 0 saturated heterocycles. The second kappa shape index (κ2) is 7.95. The molecule has 8 heteroatoms. The summed E-state index contributed by atoms with van der Waals surface area (Å²) in [6.45, 7) is 2.20. The van der Waals surface area contributed by atoms with Crippen molar-refractivity contribution in [2.24, 2.45) is 5.14 Å². The molecule has 0 saturated carbocycles. The lowest BCUT2D eigenvalue weighted by atomic mass is 10.1. The summed E-state index contributed by atoms with van der Waals surface area (Å²) in [5.41, 5.74) is 2.81. The normalized spacial score (nSPS) is 11.4. The van der Waals surface area contributed by atoms with E-state index >= 15 is 0 Å². The van der Waals surface area contributed by atoms with Crippen molar-refractivity contribution < 1.29 is 17.9 Å². The highest BCUT2D eigenvalue weighted by molar-refractivity contribution is 7.89. The molecule has 2 aromatic carbocycles. The number of sulfonamides is 1. The fourth-order valence-corrected chi connectivity index (χ4v) is 3.38. The number of nitrogens with zero attached hydrogens (tertiary/aromatic N) is 1. The van der Waals surface area contributed by atoms with Crippen molar-refractivity contribution in [3.63, 3.8) is 0 Å². The standard InChI is InChI=1S/C20H21N3O4S/c1-13-18(11-15-5-6-16(27-2)12-19(15)23-13)20(24)22-10-9-14-3-7-17(8-4-14)28(21,25)26/h3-8,11-12H,9-10H2,1-2H3,(H,22,24)(H2,21,25,26). The number of pyridine rings is 1. The summed E-state index contributed by atoms with van der Waals surface area (Å²) in [4.78, 5) is 17.1. The minimum Gasteiger partial charge on any atom is -0.497 e. The van der Waals surface area contributed by atoms with Crippen molar-refractivity contribution in [3.8, 4) is 5.75 Å². The predicted octanol–water partition coefficient (Wildman–Crippen LogP) is 2.17. The first kappa shape index (κ1) is 19.8. The van der Waals surface area contributed by atoms with Gasteiger partial charge in [0, 0.05) is 18.0 Å². The Labute approximate surface area is 163 Å². The number of amides is 1. The number of primary sulfonamides is 1. The molecule has 3 rings (SSSR count). The summed E-state index contributed by atoms with van der Waals surface area (Å²) < 4.78 is 27.7. The molecular weight excluding hydrogens is 378 g/mol. The van der Waals surface area contributed by atoms with Crippen molar-refractivity contribution in [1.29, 1.82) is 0 Å². The molecule has 7 nitrogen and oxygen atoms in total. The maximum absolute atomic E-state index is 12.5. The van der Waals surface area contributed by atoms with Crippen LogP contribution in [0.3, 0.4) is 0 Å². The number of benzene rings is 2. The van der Waals surface area contributed by atoms with Crippen LogP contribution in [-0.2, 0) is 16.4 Å². The molecule has 1 aromatic heterocycles. The molecule has 146 valence electrons. The molecule has 28 heavy (non-hydrogen) atoms. The van der Waals surface area contributed by atoms with Crippen LogP contribution in [0.2, 0.25) is 0 Å². The smallest absolute Gasteiger partial charge is 0.253 e. The van der Waals surface area contributed by atoms with E-state index in [0.717, 1.165) is 16.5 Å². The number of rotatable bonds is 6. The summed E-state index contributed by atoms with van der Waals surface area (Å²) in [5.74, 6) is 0.508. The SMILES string of the molecule is COc1ccc2cc(C(=O)NCCc3ccc(S(N)(=O)=O)cc3)c(C)nc2c1. The highest BCUT2D eigenvalue weighted by atomic mass is 32.2. The van der Waals surface area contributed by atoms with Crippen LogP contribution < -0.4 is 15.2 Å². The van der Waals surface area contributed by atoms with E-state index in [1.165, 1.54) is 12.1 Å².